The quantitative estimate of drug-likeness (QED) is 0.476. The second-order valence-corrected chi connectivity index (χ2v) is 6.65. The van der Waals surface area contributed by atoms with Gasteiger partial charge in [-0.25, -0.2) is 0 Å². The molecule has 0 fully saturated rings. The highest BCUT2D eigenvalue weighted by Gasteiger charge is 2.21. The minimum absolute atomic E-state index is 0.307. The Morgan fingerprint density at radius 2 is 1.31 bits per heavy atom. The Kier molecular flexibility index (Phi) is 4.33. The SMILES string of the molecule is CCCC(c1c[nH]c2ccc(OC)cc12)c1c[nH]c2ccc(OC)cc12. The van der Waals surface area contributed by atoms with Crippen molar-refractivity contribution in [3.8, 4) is 11.5 Å². The molecule has 134 valence electrons. The largest absolute Gasteiger partial charge is 0.497 e. The van der Waals surface area contributed by atoms with Crippen molar-refractivity contribution in [1.82, 2.24) is 9.97 Å². The molecule has 0 saturated carbocycles. The molecule has 2 heterocycles. The number of nitrogens with one attached hydrogen (secondary N) is 2. The predicted molar refractivity (Wildman–Crippen MR) is 106 cm³/mol. The van der Waals surface area contributed by atoms with Gasteiger partial charge in [0.15, 0.2) is 0 Å². The normalized spacial score (nSPS) is 11.5. The first kappa shape index (κ1) is 16.6. The van der Waals surface area contributed by atoms with Crippen molar-refractivity contribution < 1.29 is 9.47 Å². The van der Waals surface area contributed by atoms with E-state index in [1.165, 1.54) is 21.9 Å². The molecule has 0 unspecified atom stereocenters. The molecule has 0 radical (unpaired) electrons. The van der Waals surface area contributed by atoms with E-state index in [1.54, 1.807) is 14.2 Å². The lowest BCUT2D eigenvalue weighted by Crippen LogP contribution is -2.00. The average Bonchev–Trinajstić information content (AvgIpc) is 3.29. The van der Waals surface area contributed by atoms with Crippen LogP contribution >= 0.6 is 0 Å². The molecule has 4 heteroatoms. The predicted octanol–water partition coefficient (Wildman–Crippen LogP) is 5.60. The molecule has 4 aromatic rings. The lowest BCUT2D eigenvalue weighted by Gasteiger charge is -2.16. The second-order valence-electron chi connectivity index (χ2n) is 6.65. The zero-order valence-corrected chi connectivity index (χ0v) is 15.4. The van der Waals surface area contributed by atoms with Gasteiger partial charge in [-0.1, -0.05) is 13.3 Å². The molecule has 0 saturated heterocycles. The van der Waals surface area contributed by atoms with E-state index in [2.05, 4.69) is 53.6 Å². The van der Waals surface area contributed by atoms with E-state index in [-0.39, 0.29) is 0 Å². The number of benzene rings is 2. The molecule has 2 N–H and O–H groups in total. The first-order valence-corrected chi connectivity index (χ1v) is 9.05. The van der Waals surface area contributed by atoms with Crippen LogP contribution in [0.15, 0.2) is 48.8 Å². The van der Waals surface area contributed by atoms with Crippen molar-refractivity contribution in [2.45, 2.75) is 25.7 Å². The van der Waals surface area contributed by atoms with Crippen LogP contribution in [0.5, 0.6) is 11.5 Å². The minimum atomic E-state index is 0.307. The first-order chi connectivity index (χ1) is 12.7. The summed E-state index contributed by atoms with van der Waals surface area (Å²) in [5, 5.41) is 2.44. The van der Waals surface area contributed by atoms with Crippen LogP contribution in [-0.2, 0) is 0 Å². The fourth-order valence-electron chi connectivity index (χ4n) is 3.84. The van der Waals surface area contributed by atoms with Gasteiger partial charge in [-0.3, -0.25) is 0 Å². The number of rotatable bonds is 6. The summed E-state index contributed by atoms with van der Waals surface area (Å²) in [6, 6.07) is 12.4. The van der Waals surface area contributed by atoms with Gasteiger partial charge in [0.25, 0.3) is 0 Å². The van der Waals surface area contributed by atoms with Crippen LogP contribution in [0.1, 0.15) is 36.8 Å². The fraction of sp³-hybridized carbons (Fsp3) is 0.273. The smallest absolute Gasteiger partial charge is 0.119 e. The highest BCUT2D eigenvalue weighted by molar-refractivity contribution is 5.89. The highest BCUT2D eigenvalue weighted by Crippen LogP contribution is 2.39. The molecule has 0 spiro atoms. The van der Waals surface area contributed by atoms with E-state index in [0.717, 1.165) is 35.4 Å². The molecule has 2 aromatic heterocycles. The summed E-state index contributed by atoms with van der Waals surface area (Å²) in [4.78, 5) is 6.84. The van der Waals surface area contributed by atoms with Crippen LogP contribution in [0.3, 0.4) is 0 Å². The standard InChI is InChI=1S/C22H24N2O2/c1-4-5-16(19-12-23-21-8-6-14(25-2)10-17(19)21)20-13-24-22-9-7-15(26-3)11-18(20)22/h6-13,16,23-24H,4-5H2,1-3H3. The van der Waals surface area contributed by atoms with Crippen LogP contribution in [0.4, 0.5) is 0 Å². The van der Waals surface area contributed by atoms with Gasteiger partial charge >= 0.3 is 0 Å². The van der Waals surface area contributed by atoms with Crippen LogP contribution in [0.2, 0.25) is 0 Å². The van der Waals surface area contributed by atoms with Crippen molar-refractivity contribution >= 4 is 21.8 Å². The van der Waals surface area contributed by atoms with Crippen LogP contribution in [0.25, 0.3) is 21.8 Å². The van der Waals surface area contributed by atoms with Gasteiger partial charge in [-0.05, 0) is 53.9 Å². The zero-order chi connectivity index (χ0) is 18.1. The van der Waals surface area contributed by atoms with Crippen molar-refractivity contribution in [2.75, 3.05) is 14.2 Å². The van der Waals surface area contributed by atoms with Crippen molar-refractivity contribution in [3.63, 3.8) is 0 Å². The van der Waals surface area contributed by atoms with Gasteiger partial charge in [0, 0.05) is 40.1 Å². The molecule has 2 aromatic carbocycles. The van der Waals surface area contributed by atoms with Crippen molar-refractivity contribution in [2.24, 2.45) is 0 Å². The van der Waals surface area contributed by atoms with E-state index >= 15 is 0 Å². The Hall–Kier alpha value is -2.88. The topological polar surface area (TPSA) is 50.0 Å². The number of aromatic nitrogens is 2. The van der Waals surface area contributed by atoms with Gasteiger partial charge < -0.3 is 19.4 Å². The molecule has 0 bridgehead atoms. The van der Waals surface area contributed by atoms with Crippen molar-refractivity contribution in [1.29, 1.82) is 0 Å². The molecular formula is C22H24N2O2. The molecule has 4 rings (SSSR count). The van der Waals surface area contributed by atoms with Gasteiger partial charge in [0.2, 0.25) is 0 Å². The molecule has 0 amide bonds. The lowest BCUT2D eigenvalue weighted by atomic mass is 9.87. The number of ether oxygens (including phenoxy) is 2. The number of H-pyrrole nitrogens is 2. The molecule has 0 aliphatic carbocycles. The van der Waals surface area contributed by atoms with Gasteiger partial charge in [0.05, 0.1) is 14.2 Å². The van der Waals surface area contributed by atoms with E-state index in [1.807, 2.05) is 12.1 Å². The maximum atomic E-state index is 5.44. The third-order valence-electron chi connectivity index (χ3n) is 5.17. The lowest BCUT2D eigenvalue weighted by molar-refractivity contribution is 0.415. The Balaban J connectivity index is 1.89. The fourth-order valence-corrected chi connectivity index (χ4v) is 3.84. The number of hydrogen-bond acceptors (Lipinski definition) is 2. The van der Waals surface area contributed by atoms with E-state index < -0.39 is 0 Å². The number of methoxy groups -OCH3 is 2. The number of hydrogen-bond donors (Lipinski definition) is 2. The average molecular weight is 348 g/mol. The minimum Gasteiger partial charge on any atom is -0.497 e. The zero-order valence-electron chi connectivity index (χ0n) is 15.4. The van der Waals surface area contributed by atoms with E-state index in [0.29, 0.717) is 5.92 Å². The van der Waals surface area contributed by atoms with Crippen LogP contribution in [-0.4, -0.2) is 24.2 Å². The maximum absolute atomic E-state index is 5.44. The number of aromatic amines is 2. The summed E-state index contributed by atoms with van der Waals surface area (Å²) in [7, 11) is 3.42. The van der Waals surface area contributed by atoms with Gasteiger partial charge in [-0.15, -0.1) is 0 Å². The maximum Gasteiger partial charge on any atom is 0.119 e. The molecule has 4 nitrogen and oxygen atoms in total. The molecule has 0 atom stereocenters. The Morgan fingerprint density at radius 3 is 1.73 bits per heavy atom. The summed E-state index contributed by atoms with van der Waals surface area (Å²) in [6.07, 6.45) is 6.47. The molecule has 26 heavy (non-hydrogen) atoms. The summed E-state index contributed by atoms with van der Waals surface area (Å²) in [5.74, 6) is 2.07. The van der Waals surface area contributed by atoms with E-state index in [9.17, 15) is 0 Å². The summed E-state index contributed by atoms with van der Waals surface area (Å²) < 4.78 is 10.9. The Morgan fingerprint density at radius 1 is 0.808 bits per heavy atom. The first-order valence-electron chi connectivity index (χ1n) is 9.05. The van der Waals surface area contributed by atoms with E-state index in [4.69, 9.17) is 9.47 Å². The van der Waals surface area contributed by atoms with Crippen LogP contribution < -0.4 is 9.47 Å². The molecule has 0 aliphatic heterocycles. The Labute approximate surface area is 153 Å². The van der Waals surface area contributed by atoms with Crippen molar-refractivity contribution in [3.05, 3.63) is 59.9 Å². The number of fused-ring (bicyclic) bond motifs is 2. The third kappa shape index (κ3) is 2.71. The monoisotopic (exact) mass is 348 g/mol. The van der Waals surface area contributed by atoms with Gasteiger partial charge in [-0.2, -0.15) is 0 Å². The Bertz CT molecular complexity index is 963. The summed E-state index contributed by atoms with van der Waals surface area (Å²) in [6.45, 7) is 2.23. The molecular weight excluding hydrogens is 324 g/mol. The molecule has 0 aliphatic rings. The highest BCUT2D eigenvalue weighted by atomic mass is 16.5. The summed E-state index contributed by atoms with van der Waals surface area (Å²) >= 11 is 0. The van der Waals surface area contributed by atoms with Gasteiger partial charge in [0.1, 0.15) is 11.5 Å². The summed E-state index contributed by atoms with van der Waals surface area (Å²) in [5.41, 5.74) is 4.90. The second kappa shape index (κ2) is 6.79. The third-order valence-corrected chi connectivity index (χ3v) is 5.17. The van der Waals surface area contributed by atoms with Crippen LogP contribution in [0, 0.1) is 0 Å².